The second-order valence-electron chi connectivity index (χ2n) is 10.5. The first-order valence-corrected chi connectivity index (χ1v) is 12.5. The summed E-state index contributed by atoms with van der Waals surface area (Å²) in [5.41, 5.74) is -0.212. The van der Waals surface area contributed by atoms with E-state index in [-0.39, 0.29) is 17.9 Å². The molecule has 1 aliphatic rings. The molecule has 1 rings (SSSR count). The van der Waals surface area contributed by atoms with Crippen molar-refractivity contribution in [2.75, 3.05) is 40.3 Å². The number of nitrogens with one attached hydrogen (secondary N) is 1. The van der Waals surface area contributed by atoms with Crippen LogP contribution in [0.5, 0.6) is 0 Å². The molecule has 186 valence electrons. The van der Waals surface area contributed by atoms with E-state index in [9.17, 15) is 9.59 Å². The van der Waals surface area contributed by atoms with Crippen LogP contribution in [-0.4, -0.2) is 68.1 Å². The van der Waals surface area contributed by atoms with Gasteiger partial charge in [0.15, 0.2) is 0 Å². The maximum atomic E-state index is 13.3. The highest BCUT2D eigenvalue weighted by atomic mass is 16.5. The van der Waals surface area contributed by atoms with Crippen LogP contribution in [0, 0.1) is 10.8 Å². The molecule has 1 aliphatic heterocycles. The van der Waals surface area contributed by atoms with E-state index < -0.39 is 10.8 Å². The van der Waals surface area contributed by atoms with Crippen LogP contribution in [-0.2, 0) is 14.3 Å². The number of carbonyl (C=O) groups excluding carboxylic acids is 2. The minimum Gasteiger partial charge on any atom is -0.465 e. The summed E-state index contributed by atoms with van der Waals surface area (Å²) in [4.78, 5) is 31.0. The number of hydrogen-bond acceptors (Lipinski definition) is 5. The predicted octanol–water partition coefficient (Wildman–Crippen LogP) is 4.60. The summed E-state index contributed by atoms with van der Waals surface area (Å²) in [6.07, 6.45) is 6.69. The van der Waals surface area contributed by atoms with E-state index in [1.807, 2.05) is 34.9 Å². The topological polar surface area (TPSA) is 61.9 Å². The second-order valence-corrected chi connectivity index (χ2v) is 10.5. The number of hydrogen-bond donors (Lipinski definition) is 1. The Morgan fingerprint density at radius 1 is 1.22 bits per heavy atom. The Bertz CT molecular complexity index is 621. The van der Waals surface area contributed by atoms with Gasteiger partial charge in [-0.05, 0) is 79.4 Å². The van der Waals surface area contributed by atoms with Gasteiger partial charge in [-0.15, -0.1) is 0 Å². The molecule has 0 aromatic rings. The zero-order valence-electron chi connectivity index (χ0n) is 21.9. The lowest BCUT2D eigenvalue weighted by Crippen LogP contribution is -2.47. The maximum Gasteiger partial charge on any atom is 0.311 e. The van der Waals surface area contributed by atoms with Crippen LogP contribution in [0.2, 0.25) is 0 Å². The number of rotatable bonds is 15. The molecule has 1 heterocycles. The number of ether oxygens (including phenoxy) is 1. The van der Waals surface area contributed by atoms with Crippen molar-refractivity contribution in [1.29, 1.82) is 0 Å². The highest BCUT2D eigenvalue weighted by molar-refractivity contribution is 5.84. The predicted molar refractivity (Wildman–Crippen MR) is 132 cm³/mol. The molecule has 0 aliphatic carbocycles. The summed E-state index contributed by atoms with van der Waals surface area (Å²) in [6.45, 7) is 17.5. The van der Waals surface area contributed by atoms with Crippen LogP contribution >= 0.6 is 0 Å². The molecule has 6 nitrogen and oxygen atoms in total. The first kappa shape index (κ1) is 28.5. The molecule has 3 atom stereocenters. The van der Waals surface area contributed by atoms with E-state index in [0.717, 1.165) is 50.9 Å². The Morgan fingerprint density at radius 2 is 1.91 bits per heavy atom. The van der Waals surface area contributed by atoms with Crippen molar-refractivity contribution in [3.63, 3.8) is 0 Å². The summed E-state index contributed by atoms with van der Waals surface area (Å²) in [5, 5.41) is 3.12. The molecular weight excluding hydrogens is 402 g/mol. The summed E-state index contributed by atoms with van der Waals surface area (Å²) in [6, 6.07) is 0.179. The van der Waals surface area contributed by atoms with Gasteiger partial charge in [0.2, 0.25) is 5.91 Å². The molecule has 32 heavy (non-hydrogen) atoms. The number of esters is 1. The number of amides is 1. The molecule has 1 amide bonds. The van der Waals surface area contributed by atoms with Gasteiger partial charge in [0.25, 0.3) is 0 Å². The smallest absolute Gasteiger partial charge is 0.311 e. The third-order valence-corrected chi connectivity index (χ3v) is 6.95. The van der Waals surface area contributed by atoms with Crippen molar-refractivity contribution < 1.29 is 14.3 Å². The summed E-state index contributed by atoms with van der Waals surface area (Å²) >= 11 is 0. The fourth-order valence-electron chi connectivity index (χ4n) is 4.80. The SMILES string of the molecule is C=C1CCCN1C(C)CC(C)(CC(C)(CC)C(=O)NCCCN(C)C)C(=O)OCCCC. The van der Waals surface area contributed by atoms with E-state index in [4.69, 9.17) is 4.74 Å². The maximum absolute atomic E-state index is 13.3. The van der Waals surface area contributed by atoms with Crippen LogP contribution in [0.15, 0.2) is 12.3 Å². The van der Waals surface area contributed by atoms with Gasteiger partial charge in [-0.2, -0.15) is 0 Å². The van der Waals surface area contributed by atoms with Crippen LogP contribution in [0.3, 0.4) is 0 Å². The number of likely N-dealkylation sites (tertiary alicyclic amines) is 1. The van der Waals surface area contributed by atoms with Gasteiger partial charge in [-0.1, -0.05) is 33.8 Å². The summed E-state index contributed by atoms with van der Waals surface area (Å²) in [7, 11) is 4.06. The van der Waals surface area contributed by atoms with Gasteiger partial charge in [-0.25, -0.2) is 0 Å². The molecule has 0 spiro atoms. The van der Waals surface area contributed by atoms with Crippen molar-refractivity contribution in [1.82, 2.24) is 15.1 Å². The number of unbranched alkanes of at least 4 members (excludes halogenated alkanes) is 1. The molecule has 6 heteroatoms. The molecule has 1 N–H and O–H groups in total. The Morgan fingerprint density at radius 3 is 2.44 bits per heavy atom. The van der Waals surface area contributed by atoms with Crippen molar-refractivity contribution >= 4 is 11.9 Å². The van der Waals surface area contributed by atoms with E-state index in [0.29, 0.717) is 32.4 Å². The van der Waals surface area contributed by atoms with Crippen molar-refractivity contribution in [3.8, 4) is 0 Å². The Balaban J connectivity index is 2.98. The fourth-order valence-corrected chi connectivity index (χ4v) is 4.80. The standard InChI is InChI=1S/C26H49N3O3/c1-9-11-18-32-24(31)26(6,19-22(4)29-17-12-14-21(29)3)20-25(5,10-2)23(30)27-15-13-16-28(7)8/h22H,3,9-20H2,1-2,4-8H3,(H,27,30). The summed E-state index contributed by atoms with van der Waals surface area (Å²) in [5.74, 6) is -0.146. The Labute approximate surface area is 197 Å². The largest absolute Gasteiger partial charge is 0.465 e. The lowest BCUT2D eigenvalue weighted by molar-refractivity contribution is -0.159. The third kappa shape index (κ3) is 8.42. The van der Waals surface area contributed by atoms with Gasteiger partial charge in [0.05, 0.1) is 12.0 Å². The first-order chi connectivity index (χ1) is 15.0. The molecule has 0 aromatic heterocycles. The highest BCUT2D eigenvalue weighted by Crippen LogP contribution is 2.42. The van der Waals surface area contributed by atoms with E-state index in [1.54, 1.807) is 0 Å². The average molecular weight is 452 g/mol. The second kappa shape index (κ2) is 13.2. The quantitative estimate of drug-likeness (QED) is 0.291. The average Bonchev–Trinajstić information content (AvgIpc) is 3.16. The molecular formula is C26H49N3O3. The lowest BCUT2D eigenvalue weighted by Gasteiger charge is -2.40. The van der Waals surface area contributed by atoms with Gasteiger partial charge < -0.3 is 19.9 Å². The van der Waals surface area contributed by atoms with Crippen molar-refractivity contribution in [3.05, 3.63) is 12.3 Å². The normalized spacial score (nSPS) is 18.9. The van der Waals surface area contributed by atoms with Crippen LogP contribution in [0.25, 0.3) is 0 Å². The minimum absolute atomic E-state index is 0.0320. The molecule has 0 bridgehead atoms. The van der Waals surface area contributed by atoms with E-state index >= 15 is 0 Å². The van der Waals surface area contributed by atoms with E-state index in [2.05, 4.69) is 35.5 Å². The van der Waals surface area contributed by atoms with Crippen molar-refractivity contribution in [2.24, 2.45) is 10.8 Å². The molecule has 0 saturated carbocycles. The Hall–Kier alpha value is -1.56. The molecule has 0 aromatic carbocycles. The van der Waals surface area contributed by atoms with Gasteiger partial charge >= 0.3 is 5.97 Å². The zero-order chi connectivity index (χ0) is 24.4. The van der Waals surface area contributed by atoms with E-state index in [1.165, 1.54) is 0 Å². The van der Waals surface area contributed by atoms with Gasteiger partial charge in [0, 0.05) is 30.2 Å². The fraction of sp³-hybridized carbons (Fsp3) is 0.846. The number of nitrogens with zero attached hydrogens (tertiary/aromatic N) is 2. The molecule has 1 saturated heterocycles. The monoisotopic (exact) mass is 451 g/mol. The van der Waals surface area contributed by atoms with Gasteiger partial charge in [-0.3, -0.25) is 9.59 Å². The number of allylic oxidation sites excluding steroid dienone is 1. The van der Waals surface area contributed by atoms with Crippen molar-refractivity contribution in [2.45, 2.75) is 92.0 Å². The zero-order valence-corrected chi connectivity index (χ0v) is 21.9. The first-order valence-electron chi connectivity index (χ1n) is 12.5. The minimum atomic E-state index is -0.734. The molecule has 3 unspecified atom stereocenters. The molecule has 1 fully saturated rings. The highest BCUT2D eigenvalue weighted by Gasteiger charge is 2.46. The summed E-state index contributed by atoms with van der Waals surface area (Å²) < 4.78 is 5.72. The third-order valence-electron chi connectivity index (χ3n) is 6.95. The Kier molecular flexibility index (Phi) is 11.8. The van der Waals surface area contributed by atoms with Crippen LogP contribution < -0.4 is 5.32 Å². The van der Waals surface area contributed by atoms with Crippen LogP contribution in [0.1, 0.15) is 86.0 Å². The molecule has 0 radical (unpaired) electrons. The van der Waals surface area contributed by atoms with Gasteiger partial charge in [0.1, 0.15) is 0 Å². The lowest BCUT2D eigenvalue weighted by atomic mass is 9.68. The van der Waals surface area contributed by atoms with Crippen LogP contribution in [0.4, 0.5) is 0 Å². The number of carbonyl (C=O) groups is 2.